The van der Waals surface area contributed by atoms with Gasteiger partial charge in [0.2, 0.25) is 0 Å². The Morgan fingerprint density at radius 2 is 1.18 bits per heavy atom. The summed E-state index contributed by atoms with van der Waals surface area (Å²) in [5.41, 5.74) is 12.7. The molecule has 0 aliphatic heterocycles. The minimum atomic E-state index is -0.833. The first kappa shape index (κ1) is 15.8. The van der Waals surface area contributed by atoms with E-state index in [1.165, 1.54) is 18.3 Å². The summed E-state index contributed by atoms with van der Waals surface area (Å²) in [7, 11) is 0. The summed E-state index contributed by atoms with van der Waals surface area (Å²) in [4.78, 5) is 9.00. The van der Waals surface area contributed by atoms with Crippen molar-refractivity contribution in [1.29, 1.82) is 15.8 Å². The average molecular weight is 154 g/mol. The summed E-state index contributed by atoms with van der Waals surface area (Å²) in [6.45, 7) is 0. The van der Waals surface area contributed by atoms with Crippen LogP contribution in [0.4, 0.5) is 4.79 Å². The molecule has 0 rings (SSSR count). The number of carbonyl (C=O) groups is 1. The minimum absolute atomic E-state index is 0.833. The van der Waals surface area contributed by atoms with Crippen LogP contribution in [-0.4, -0.2) is 6.03 Å². The first-order valence-electron chi connectivity index (χ1n) is 1.99. The monoisotopic (exact) mass is 154 g/mol. The minimum Gasteiger partial charge on any atom is -0.352 e. The molecule has 0 aliphatic rings. The number of carbonyl (C=O) groups excluding carboxylic acids is 1. The lowest BCUT2D eigenvalue weighted by Crippen LogP contribution is -2.18. The number of primary amides is 2. The van der Waals surface area contributed by atoms with Gasteiger partial charge < -0.3 is 17.2 Å². The quantitative estimate of drug-likeness (QED) is 0.284. The molecule has 0 saturated carbocycles. The highest BCUT2D eigenvalue weighted by molar-refractivity contribution is 5.69. The third-order valence-electron chi connectivity index (χ3n) is 0.0500. The van der Waals surface area contributed by atoms with Crippen LogP contribution < -0.4 is 17.2 Å². The van der Waals surface area contributed by atoms with E-state index in [2.05, 4.69) is 17.2 Å². The van der Waals surface area contributed by atoms with Gasteiger partial charge in [0, 0.05) is 0 Å². The molecule has 0 radical (unpaired) electrons. The summed E-state index contributed by atoms with van der Waals surface area (Å²) in [6, 6.07) is 1.64. The smallest absolute Gasteiger partial charge is 0.309 e. The van der Waals surface area contributed by atoms with Crippen molar-refractivity contribution in [1.82, 2.24) is 0 Å². The molecular formula is C4H6N6O. The van der Waals surface area contributed by atoms with E-state index in [1.807, 2.05) is 0 Å². The average Bonchev–Trinajstić information content (AvgIpc) is 1.88. The normalized spacial score (nSPS) is 3.73. The van der Waals surface area contributed by atoms with Crippen LogP contribution in [0.15, 0.2) is 0 Å². The molecule has 0 aromatic heterocycles. The lowest BCUT2D eigenvalue weighted by atomic mass is 10.9. The third kappa shape index (κ3) is 109. The number of nitrogens with two attached hydrogens (primary N) is 3. The summed E-state index contributed by atoms with van der Waals surface area (Å²) in [5.74, 6) is 0. The fraction of sp³-hybridized carbons (Fsp3) is 0. The van der Waals surface area contributed by atoms with Gasteiger partial charge in [-0.05, 0) is 0 Å². The highest BCUT2D eigenvalue weighted by atomic mass is 16.2. The summed E-state index contributed by atoms with van der Waals surface area (Å²) in [5, 5.41) is 21.6. The number of urea groups is 1. The molecule has 7 heteroatoms. The molecule has 0 heterocycles. The first-order valence-corrected chi connectivity index (χ1v) is 1.99. The van der Waals surface area contributed by atoms with Crippen LogP contribution in [0, 0.1) is 34.1 Å². The predicted octanol–water partition coefficient (Wildman–Crippen LogP) is -1.52. The molecule has 0 saturated heterocycles. The number of amides is 2. The van der Waals surface area contributed by atoms with Gasteiger partial charge in [-0.15, -0.1) is 0 Å². The van der Waals surface area contributed by atoms with Crippen LogP contribution in [0.2, 0.25) is 0 Å². The first-order chi connectivity index (χ1) is 5.06. The van der Waals surface area contributed by atoms with Gasteiger partial charge in [-0.2, -0.15) is 15.8 Å². The molecule has 0 unspecified atom stereocenters. The van der Waals surface area contributed by atoms with E-state index in [0.29, 0.717) is 0 Å². The maximum absolute atomic E-state index is 9.00. The van der Waals surface area contributed by atoms with Crippen LogP contribution in [0.3, 0.4) is 0 Å². The summed E-state index contributed by atoms with van der Waals surface area (Å²) >= 11 is 0. The number of rotatable bonds is 0. The molecule has 0 fully saturated rings. The number of hydrogen-bond acceptors (Lipinski definition) is 5. The van der Waals surface area contributed by atoms with E-state index >= 15 is 0 Å². The van der Waals surface area contributed by atoms with Crippen LogP contribution in [0.1, 0.15) is 0 Å². The van der Waals surface area contributed by atoms with Crippen molar-refractivity contribution in [2.75, 3.05) is 0 Å². The lowest BCUT2D eigenvalue weighted by Gasteiger charge is -1.62. The molecule has 0 aromatic rings. The standard InChI is InChI=1S/C2N2.CH4N2O.CH2N2/c3-1-2-4;2-1(3)4;2-1-3/h;(H4,2,3,4);2H2. The molecule has 7 nitrogen and oxygen atoms in total. The Balaban J connectivity index is -0.0000000886. The molecule has 58 valence electrons. The third-order valence-corrected chi connectivity index (χ3v) is 0.0500. The summed E-state index contributed by atoms with van der Waals surface area (Å²) in [6.07, 6.45) is 1.25. The zero-order valence-electron chi connectivity index (χ0n) is 5.48. The topological polar surface area (TPSA) is 166 Å². The van der Waals surface area contributed by atoms with E-state index in [1.54, 1.807) is 0 Å². The highest BCUT2D eigenvalue weighted by Crippen LogP contribution is 1.27. The van der Waals surface area contributed by atoms with E-state index in [9.17, 15) is 0 Å². The van der Waals surface area contributed by atoms with Crippen LogP contribution in [-0.2, 0) is 0 Å². The number of nitrogens with zero attached hydrogens (tertiary/aromatic N) is 3. The second kappa shape index (κ2) is 25.7. The van der Waals surface area contributed by atoms with E-state index in [-0.39, 0.29) is 0 Å². The van der Waals surface area contributed by atoms with Gasteiger partial charge in [0.05, 0.1) is 0 Å². The van der Waals surface area contributed by atoms with Crippen LogP contribution in [0.5, 0.6) is 0 Å². The molecule has 0 atom stereocenters. The van der Waals surface area contributed by atoms with Gasteiger partial charge >= 0.3 is 6.03 Å². The Morgan fingerprint density at radius 3 is 1.18 bits per heavy atom. The van der Waals surface area contributed by atoms with Gasteiger partial charge in [0.15, 0.2) is 18.3 Å². The Labute approximate surface area is 63.2 Å². The van der Waals surface area contributed by atoms with Gasteiger partial charge in [-0.1, -0.05) is 0 Å². The van der Waals surface area contributed by atoms with Crippen molar-refractivity contribution in [3.63, 3.8) is 0 Å². The Hall–Kier alpha value is -2.46. The molecule has 0 aliphatic carbocycles. The van der Waals surface area contributed by atoms with Gasteiger partial charge in [0.25, 0.3) is 0 Å². The van der Waals surface area contributed by atoms with E-state index in [0.717, 1.165) is 0 Å². The van der Waals surface area contributed by atoms with Gasteiger partial charge in [0.1, 0.15) is 0 Å². The van der Waals surface area contributed by atoms with Gasteiger partial charge in [-0.3, -0.25) is 0 Å². The molecule has 0 spiro atoms. The zero-order valence-corrected chi connectivity index (χ0v) is 5.48. The fourth-order valence-electron chi connectivity index (χ4n) is 0. The Morgan fingerprint density at radius 1 is 1.09 bits per heavy atom. The lowest BCUT2D eigenvalue weighted by molar-refractivity contribution is 0.256. The van der Waals surface area contributed by atoms with Crippen molar-refractivity contribution < 1.29 is 4.79 Å². The van der Waals surface area contributed by atoms with Crippen molar-refractivity contribution in [3.05, 3.63) is 0 Å². The molecule has 11 heavy (non-hydrogen) atoms. The molecular weight excluding hydrogens is 148 g/mol. The molecule has 2 amide bonds. The Kier molecular flexibility index (Phi) is 37.0. The number of nitriles is 3. The second-order valence-electron chi connectivity index (χ2n) is 0.755. The maximum Gasteiger partial charge on any atom is 0.309 e. The van der Waals surface area contributed by atoms with E-state index in [4.69, 9.17) is 20.6 Å². The molecule has 0 aromatic carbocycles. The Bertz CT molecular complexity index is 186. The fourth-order valence-corrected chi connectivity index (χ4v) is 0. The van der Waals surface area contributed by atoms with Gasteiger partial charge in [-0.25, -0.2) is 4.79 Å². The summed E-state index contributed by atoms with van der Waals surface area (Å²) < 4.78 is 0. The van der Waals surface area contributed by atoms with Crippen molar-refractivity contribution >= 4 is 6.03 Å². The largest absolute Gasteiger partial charge is 0.352 e. The predicted molar refractivity (Wildman–Crippen MR) is 34.8 cm³/mol. The molecule has 6 N–H and O–H groups in total. The maximum atomic E-state index is 9.00. The van der Waals surface area contributed by atoms with Crippen molar-refractivity contribution in [3.8, 4) is 18.3 Å². The SMILES string of the molecule is N#CC#N.N#CN.NC(N)=O. The van der Waals surface area contributed by atoms with Crippen LogP contribution in [0.25, 0.3) is 0 Å². The highest BCUT2D eigenvalue weighted by Gasteiger charge is 1.60. The second-order valence-corrected chi connectivity index (χ2v) is 0.755. The number of hydrogen-bond donors (Lipinski definition) is 3. The van der Waals surface area contributed by atoms with Crippen LogP contribution >= 0.6 is 0 Å². The zero-order chi connectivity index (χ0) is 9.70. The van der Waals surface area contributed by atoms with E-state index < -0.39 is 6.03 Å². The van der Waals surface area contributed by atoms with Crippen molar-refractivity contribution in [2.45, 2.75) is 0 Å². The van der Waals surface area contributed by atoms with Crippen molar-refractivity contribution in [2.24, 2.45) is 17.2 Å². The molecule has 0 bridgehead atoms.